The first-order valence-corrected chi connectivity index (χ1v) is 10.7. The molecule has 0 amide bonds. The van der Waals surface area contributed by atoms with E-state index in [0.717, 1.165) is 21.1 Å². The van der Waals surface area contributed by atoms with Gasteiger partial charge < -0.3 is 0 Å². The van der Waals surface area contributed by atoms with Crippen molar-refractivity contribution in [3.8, 4) is 0 Å². The van der Waals surface area contributed by atoms with Crippen LogP contribution in [0.4, 0.5) is 0 Å². The van der Waals surface area contributed by atoms with E-state index < -0.39 is 9.46 Å². The van der Waals surface area contributed by atoms with E-state index in [0.29, 0.717) is 0 Å². The van der Waals surface area contributed by atoms with Gasteiger partial charge in [0.2, 0.25) is 0 Å². The number of rotatable bonds is 1. The molecule has 0 atom stereocenters. The van der Waals surface area contributed by atoms with Crippen LogP contribution in [0.1, 0.15) is 16.7 Å². The fraction of sp³-hybridized carbons (Fsp3) is 0.333. The maximum atomic E-state index is 6.05. The molecule has 0 saturated heterocycles. The van der Waals surface area contributed by atoms with Crippen LogP contribution in [0, 0.1) is 20.8 Å². The molecule has 1 rings (SSSR count). The second kappa shape index (κ2) is 3.56. The average molecular weight is 294 g/mol. The number of benzene rings is 1. The van der Waals surface area contributed by atoms with Crippen molar-refractivity contribution in [3.05, 3.63) is 28.8 Å². The molecule has 0 fully saturated rings. The van der Waals surface area contributed by atoms with E-state index >= 15 is 0 Å². The van der Waals surface area contributed by atoms with Crippen molar-refractivity contribution in [3.63, 3.8) is 0 Å². The predicted octanol–water partition coefficient (Wildman–Crippen LogP) is 3.26. The van der Waals surface area contributed by atoms with Gasteiger partial charge in [-0.15, -0.1) is 0 Å². The van der Waals surface area contributed by atoms with Gasteiger partial charge in [-0.05, 0) is 0 Å². The summed E-state index contributed by atoms with van der Waals surface area (Å²) in [5, 5.41) is 0. The molecule has 0 spiro atoms. The Balaban J connectivity index is 3.52. The standard InChI is InChI=1S/C9H11.3ClH.Cr.H2N/c1-7-4-8(2)6-9(3)5-7;;;;;/h4-5H,1-3H3;3*1H;;1H2/q;;;;+4;-1/p-3. The molecule has 0 heterocycles. The van der Waals surface area contributed by atoms with Crippen LogP contribution in [0.3, 0.4) is 0 Å². The van der Waals surface area contributed by atoms with Gasteiger partial charge in [-0.3, -0.25) is 0 Å². The van der Waals surface area contributed by atoms with Crippen molar-refractivity contribution in [2.24, 2.45) is 4.72 Å². The molecule has 0 aliphatic heterocycles. The summed E-state index contributed by atoms with van der Waals surface area (Å²) in [5.41, 5.74) is 3.08. The molecule has 2 N–H and O–H groups in total. The van der Waals surface area contributed by atoms with Crippen LogP contribution in [0.15, 0.2) is 12.1 Å². The molecule has 0 unspecified atom stereocenters. The molecule has 0 aliphatic carbocycles. The van der Waals surface area contributed by atoms with E-state index in [-0.39, 0.29) is 0 Å². The normalized spacial score (nSPS) is 14.9. The molecular formula is C9H13Cl3CrN. The Bertz CT molecular complexity index is 349. The van der Waals surface area contributed by atoms with Crippen molar-refractivity contribution in [1.29, 1.82) is 0 Å². The van der Waals surface area contributed by atoms with Crippen molar-refractivity contribution in [2.75, 3.05) is 0 Å². The Hall–Kier alpha value is 0.582. The first-order chi connectivity index (χ1) is 6.08. The summed E-state index contributed by atoms with van der Waals surface area (Å²) in [7, 11) is 14.1. The van der Waals surface area contributed by atoms with E-state index in [1.165, 1.54) is 0 Å². The molecular weight excluding hydrogens is 280 g/mol. The van der Waals surface area contributed by atoms with E-state index in [2.05, 4.69) is 0 Å². The zero-order valence-corrected chi connectivity index (χ0v) is 11.8. The first-order valence-electron chi connectivity index (χ1n) is 4.06. The Morgan fingerprint density at radius 2 is 1.36 bits per heavy atom. The zero-order valence-electron chi connectivity index (χ0n) is 8.27. The molecule has 14 heavy (non-hydrogen) atoms. The number of hydrogen-bond donors (Lipinski definition) is 1. The molecule has 81 valence electrons. The van der Waals surface area contributed by atoms with Gasteiger partial charge in [-0.2, -0.15) is 0 Å². The van der Waals surface area contributed by atoms with Gasteiger partial charge in [-0.1, -0.05) is 0 Å². The maximum absolute atomic E-state index is 6.05. The summed E-state index contributed by atoms with van der Waals surface area (Å²) in [6, 6.07) is 3.97. The fourth-order valence-corrected chi connectivity index (χ4v) is 6.63. The van der Waals surface area contributed by atoms with E-state index in [1.807, 2.05) is 32.9 Å². The van der Waals surface area contributed by atoms with Crippen LogP contribution in [-0.4, -0.2) is 0 Å². The predicted molar refractivity (Wildman–Crippen MR) is 62.0 cm³/mol. The first kappa shape index (κ1) is 12.7. The summed E-state index contributed by atoms with van der Waals surface area (Å²) >= 11 is 0. The Morgan fingerprint density at radius 3 is 1.64 bits per heavy atom. The minimum absolute atomic E-state index is 0.723. The van der Waals surface area contributed by atoms with Gasteiger partial charge in [-0.25, -0.2) is 0 Å². The van der Waals surface area contributed by atoms with E-state index in [9.17, 15) is 0 Å². The van der Waals surface area contributed by atoms with Gasteiger partial charge in [0.1, 0.15) is 0 Å². The van der Waals surface area contributed by atoms with Crippen molar-refractivity contribution in [2.45, 2.75) is 20.8 Å². The number of aryl methyl sites for hydroxylation is 3. The third-order valence-electron chi connectivity index (χ3n) is 1.95. The van der Waals surface area contributed by atoms with Crippen LogP contribution in [0.5, 0.6) is 0 Å². The zero-order chi connectivity index (χ0) is 11.2. The summed E-state index contributed by atoms with van der Waals surface area (Å²) in [6.45, 7) is 5.85. The van der Waals surface area contributed by atoms with E-state index in [4.69, 9.17) is 34.9 Å². The van der Waals surface area contributed by atoms with Crippen LogP contribution in [0.25, 0.3) is 0 Å². The topological polar surface area (TPSA) is 26.0 Å². The average Bonchev–Trinajstić information content (AvgIpc) is 1.76. The number of nitrogens with two attached hydrogens (primary N) is 1. The third-order valence-corrected chi connectivity index (χ3v) is 5.96. The Morgan fingerprint density at radius 1 is 1.00 bits per heavy atom. The molecule has 1 nitrogen and oxygen atoms in total. The molecule has 1 aromatic rings. The molecule has 0 bridgehead atoms. The Labute approximate surface area is 97.9 Å². The second-order valence-corrected chi connectivity index (χ2v) is 16.5. The molecule has 1 aromatic carbocycles. The molecule has 0 saturated carbocycles. The number of hydrogen-bond acceptors (Lipinski definition) is 1. The molecule has 5 heteroatoms. The summed E-state index contributed by atoms with van der Waals surface area (Å²) in [4.78, 5) is 0. The Kier molecular flexibility index (Phi) is 3.22. The SMILES string of the molecule is Cc1cc(C)[c]([Cr]([NH2])([Cl])([Cl])[Cl])c(C)c1. The van der Waals surface area contributed by atoms with Crippen LogP contribution in [0.2, 0.25) is 0 Å². The van der Waals surface area contributed by atoms with Crippen molar-refractivity contribution in [1.82, 2.24) is 0 Å². The van der Waals surface area contributed by atoms with Crippen LogP contribution in [-0.2, 0) is 9.46 Å². The summed E-state index contributed by atoms with van der Waals surface area (Å²) < 4.78 is 6.54. The summed E-state index contributed by atoms with van der Waals surface area (Å²) in [6.07, 6.45) is 0. The van der Waals surface area contributed by atoms with Crippen LogP contribution < -0.4 is 9.14 Å². The van der Waals surface area contributed by atoms with Gasteiger partial charge in [0.05, 0.1) is 0 Å². The van der Waals surface area contributed by atoms with Gasteiger partial charge >= 0.3 is 98.3 Å². The van der Waals surface area contributed by atoms with Gasteiger partial charge in [0, 0.05) is 0 Å². The molecule has 0 aliphatic rings. The van der Waals surface area contributed by atoms with Gasteiger partial charge in [0.25, 0.3) is 0 Å². The quantitative estimate of drug-likeness (QED) is 0.845. The van der Waals surface area contributed by atoms with Crippen molar-refractivity contribution >= 4 is 34.6 Å². The third kappa shape index (κ3) is 2.79. The number of halogens is 3. The fourth-order valence-electron chi connectivity index (χ4n) is 1.72. The second-order valence-electron chi connectivity index (χ2n) is 3.52. The minimum atomic E-state index is -4.10. The summed E-state index contributed by atoms with van der Waals surface area (Å²) in [5.74, 6) is 0. The van der Waals surface area contributed by atoms with E-state index in [1.54, 1.807) is 0 Å². The van der Waals surface area contributed by atoms with Gasteiger partial charge in [0.15, 0.2) is 0 Å². The molecule has 0 aromatic heterocycles. The van der Waals surface area contributed by atoms with Crippen molar-refractivity contribution < 1.29 is 9.46 Å². The van der Waals surface area contributed by atoms with Crippen LogP contribution >= 0.6 is 30.1 Å². The monoisotopic (exact) mass is 292 g/mol. The molecule has 0 radical (unpaired) electrons.